The summed E-state index contributed by atoms with van der Waals surface area (Å²) in [6.45, 7) is 0.482. The van der Waals surface area contributed by atoms with Gasteiger partial charge in [-0.2, -0.15) is 11.8 Å². The molecular weight excluding hydrogens is 398 g/mol. The summed E-state index contributed by atoms with van der Waals surface area (Å²) >= 11 is 9.45. The first-order valence-corrected chi connectivity index (χ1v) is 9.69. The van der Waals surface area contributed by atoms with Crippen LogP contribution in [0.5, 0.6) is 0 Å². The number of rotatable bonds is 6. The highest BCUT2D eigenvalue weighted by Gasteiger charge is 2.17. The Kier molecular flexibility index (Phi) is 6.32. The number of hydrogen-bond acceptors (Lipinski definition) is 4. The fourth-order valence-electron chi connectivity index (χ4n) is 0.953. The second-order valence-corrected chi connectivity index (χ2v) is 9.14. The van der Waals surface area contributed by atoms with E-state index < -0.39 is 10.0 Å². The van der Waals surface area contributed by atoms with Crippen LogP contribution in [0.15, 0.2) is 18.5 Å². The molecule has 0 aliphatic rings. The maximum Gasteiger partial charge on any atom is 0.250 e. The quantitative estimate of drug-likeness (QED) is 0.734. The molecule has 1 aromatic heterocycles. The van der Waals surface area contributed by atoms with Crippen LogP contribution in [-0.2, 0) is 10.0 Å². The lowest BCUT2D eigenvalue weighted by Crippen LogP contribution is -2.24. The van der Waals surface area contributed by atoms with Crippen LogP contribution in [0.1, 0.15) is 6.42 Å². The summed E-state index contributed by atoms with van der Waals surface area (Å²) in [4.78, 5) is 0. The molecule has 0 spiro atoms. The summed E-state index contributed by atoms with van der Waals surface area (Å²) in [6.07, 6.45) is 2.84. The summed E-state index contributed by atoms with van der Waals surface area (Å²) in [5.41, 5.74) is 0. The van der Waals surface area contributed by atoms with Crippen molar-refractivity contribution in [2.24, 2.45) is 0 Å². The van der Waals surface area contributed by atoms with Gasteiger partial charge < -0.3 is 0 Å². The molecule has 0 amide bonds. The van der Waals surface area contributed by atoms with Crippen LogP contribution in [0.4, 0.5) is 0 Å². The molecule has 16 heavy (non-hydrogen) atoms. The van der Waals surface area contributed by atoms with Crippen LogP contribution in [0.3, 0.4) is 0 Å². The number of thiophene rings is 1. The lowest BCUT2D eigenvalue weighted by atomic mass is 10.5. The van der Waals surface area contributed by atoms with E-state index in [9.17, 15) is 8.42 Å². The first-order chi connectivity index (χ1) is 7.47. The van der Waals surface area contributed by atoms with Gasteiger partial charge in [0, 0.05) is 11.0 Å². The average molecular weight is 409 g/mol. The van der Waals surface area contributed by atoms with Crippen molar-refractivity contribution in [1.29, 1.82) is 0 Å². The summed E-state index contributed by atoms with van der Waals surface area (Å²) < 4.78 is 28.1. The third kappa shape index (κ3) is 4.30. The van der Waals surface area contributed by atoms with Gasteiger partial charge in [-0.05, 0) is 56.4 Å². The molecule has 0 fully saturated rings. The summed E-state index contributed by atoms with van der Waals surface area (Å²) in [5.74, 6) is 0.959. The van der Waals surface area contributed by atoms with Crippen LogP contribution in [0.2, 0.25) is 0 Å². The number of halogens is 2. The molecule has 0 radical (unpaired) electrons. The SMILES string of the molecule is CSCCCNS(=O)(=O)c1cc(Br)c(Br)s1. The second kappa shape index (κ2) is 6.75. The molecule has 8 heteroatoms. The Labute approximate surface area is 121 Å². The van der Waals surface area contributed by atoms with Crippen molar-refractivity contribution in [3.63, 3.8) is 0 Å². The van der Waals surface area contributed by atoms with Crippen LogP contribution in [-0.4, -0.2) is 27.0 Å². The third-order valence-corrected chi connectivity index (χ3v) is 7.59. The lowest BCUT2D eigenvalue weighted by Gasteiger charge is -2.03. The zero-order valence-corrected chi connectivity index (χ0v) is 14.1. The highest BCUT2D eigenvalue weighted by molar-refractivity contribution is 9.13. The predicted octanol–water partition coefficient (Wildman–Crippen LogP) is 3.30. The maximum atomic E-state index is 11.8. The van der Waals surface area contributed by atoms with Gasteiger partial charge >= 0.3 is 0 Å². The standard InChI is InChI=1S/C8H11Br2NO2S3/c1-14-4-2-3-11-16(12,13)7-5-6(9)8(10)15-7/h5,11H,2-4H2,1H3. The minimum atomic E-state index is -3.34. The average Bonchev–Trinajstić information content (AvgIpc) is 2.55. The molecule has 92 valence electrons. The van der Waals surface area contributed by atoms with E-state index >= 15 is 0 Å². The summed E-state index contributed by atoms with van der Waals surface area (Å²) in [5, 5.41) is 0. The zero-order valence-electron chi connectivity index (χ0n) is 8.50. The van der Waals surface area contributed by atoms with E-state index in [0.717, 1.165) is 20.4 Å². The van der Waals surface area contributed by atoms with E-state index in [1.165, 1.54) is 11.3 Å². The van der Waals surface area contributed by atoms with Crippen molar-refractivity contribution in [2.45, 2.75) is 10.6 Å². The molecule has 3 nitrogen and oxygen atoms in total. The van der Waals surface area contributed by atoms with Crippen LogP contribution < -0.4 is 4.72 Å². The van der Waals surface area contributed by atoms with E-state index in [4.69, 9.17) is 0 Å². The topological polar surface area (TPSA) is 46.2 Å². The van der Waals surface area contributed by atoms with Crippen LogP contribution in [0.25, 0.3) is 0 Å². The van der Waals surface area contributed by atoms with Crippen molar-refractivity contribution in [1.82, 2.24) is 4.72 Å². The molecule has 1 N–H and O–H groups in total. The molecule has 0 unspecified atom stereocenters. The van der Waals surface area contributed by atoms with Gasteiger partial charge in [-0.15, -0.1) is 11.3 Å². The Morgan fingerprint density at radius 2 is 2.19 bits per heavy atom. The number of nitrogens with one attached hydrogen (secondary N) is 1. The first kappa shape index (κ1) is 15.0. The normalized spacial score (nSPS) is 11.9. The fraction of sp³-hybridized carbons (Fsp3) is 0.500. The minimum Gasteiger partial charge on any atom is -0.210 e. The van der Waals surface area contributed by atoms with Gasteiger partial charge in [0.1, 0.15) is 4.21 Å². The molecule has 0 saturated carbocycles. The molecule has 0 aliphatic heterocycles. The predicted molar refractivity (Wildman–Crippen MR) is 77.9 cm³/mol. The Morgan fingerprint density at radius 3 is 2.69 bits per heavy atom. The Hall–Kier alpha value is 0.920. The number of thioether (sulfide) groups is 1. The summed E-state index contributed by atoms with van der Waals surface area (Å²) in [6, 6.07) is 1.60. The fourth-order valence-corrected chi connectivity index (χ4v) is 5.32. The van der Waals surface area contributed by atoms with Crippen molar-refractivity contribution in [3.8, 4) is 0 Å². The largest absolute Gasteiger partial charge is 0.250 e. The lowest BCUT2D eigenvalue weighted by molar-refractivity contribution is 0.583. The molecule has 0 bridgehead atoms. The van der Waals surface area contributed by atoms with Crippen molar-refractivity contribution in [2.75, 3.05) is 18.6 Å². The molecular formula is C8H11Br2NO2S3. The molecule has 1 aromatic rings. The van der Waals surface area contributed by atoms with Gasteiger partial charge in [0.05, 0.1) is 3.79 Å². The van der Waals surface area contributed by atoms with E-state index in [1.807, 2.05) is 6.26 Å². The van der Waals surface area contributed by atoms with Gasteiger partial charge in [-0.3, -0.25) is 0 Å². The van der Waals surface area contributed by atoms with Gasteiger partial charge in [0.2, 0.25) is 10.0 Å². The summed E-state index contributed by atoms with van der Waals surface area (Å²) in [7, 11) is -3.34. The van der Waals surface area contributed by atoms with Gasteiger partial charge in [-0.1, -0.05) is 0 Å². The van der Waals surface area contributed by atoms with Crippen molar-refractivity contribution >= 4 is 65.0 Å². The van der Waals surface area contributed by atoms with Gasteiger partial charge in [0.15, 0.2) is 0 Å². The van der Waals surface area contributed by atoms with E-state index in [2.05, 4.69) is 36.6 Å². The number of sulfonamides is 1. The van der Waals surface area contributed by atoms with Crippen LogP contribution in [0, 0.1) is 0 Å². The third-order valence-electron chi connectivity index (χ3n) is 1.70. The molecule has 0 aromatic carbocycles. The van der Waals surface area contributed by atoms with Gasteiger partial charge in [0.25, 0.3) is 0 Å². The second-order valence-electron chi connectivity index (χ2n) is 2.93. The Balaban J connectivity index is 2.64. The van der Waals surface area contributed by atoms with E-state index in [0.29, 0.717) is 10.8 Å². The van der Waals surface area contributed by atoms with Crippen molar-refractivity contribution in [3.05, 3.63) is 14.3 Å². The maximum absolute atomic E-state index is 11.8. The Bertz CT molecular complexity index is 425. The Morgan fingerprint density at radius 1 is 1.50 bits per heavy atom. The monoisotopic (exact) mass is 407 g/mol. The van der Waals surface area contributed by atoms with Crippen molar-refractivity contribution < 1.29 is 8.42 Å². The smallest absolute Gasteiger partial charge is 0.210 e. The van der Waals surface area contributed by atoms with E-state index in [1.54, 1.807) is 17.8 Å². The minimum absolute atomic E-state index is 0.329. The molecule has 1 heterocycles. The van der Waals surface area contributed by atoms with Crippen LogP contribution >= 0.6 is 55.0 Å². The molecule has 0 atom stereocenters. The highest BCUT2D eigenvalue weighted by Crippen LogP contribution is 2.34. The van der Waals surface area contributed by atoms with E-state index in [-0.39, 0.29) is 0 Å². The molecule has 0 saturated heterocycles. The highest BCUT2D eigenvalue weighted by atomic mass is 79.9. The molecule has 1 rings (SSSR count). The zero-order chi connectivity index (χ0) is 12.2. The molecule has 0 aliphatic carbocycles. The van der Waals surface area contributed by atoms with Gasteiger partial charge in [-0.25, -0.2) is 13.1 Å². The number of hydrogen-bond donors (Lipinski definition) is 1. The first-order valence-electron chi connectivity index (χ1n) is 4.41.